The van der Waals surface area contributed by atoms with E-state index < -0.39 is 54.8 Å². The van der Waals surface area contributed by atoms with Crippen molar-refractivity contribution in [2.75, 3.05) is 20.3 Å². The highest BCUT2D eigenvalue weighted by molar-refractivity contribution is 6.31. The predicted octanol–water partition coefficient (Wildman–Crippen LogP) is 3.18. The van der Waals surface area contributed by atoms with E-state index in [2.05, 4.69) is 4.74 Å². The van der Waals surface area contributed by atoms with E-state index in [1.807, 2.05) is 0 Å². The lowest BCUT2D eigenvalue weighted by Crippen LogP contribution is -2.55. The molecule has 0 amide bonds. The summed E-state index contributed by atoms with van der Waals surface area (Å²) < 4.78 is 50.8. The Morgan fingerprint density at radius 3 is 2.38 bits per heavy atom. The number of methoxy groups -OCH3 is 1. The van der Waals surface area contributed by atoms with E-state index in [1.165, 1.54) is 36.4 Å². The topological polar surface area (TPSA) is 115 Å². The maximum atomic E-state index is 15.4. The van der Waals surface area contributed by atoms with E-state index in [9.17, 15) is 20.1 Å². The fourth-order valence-corrected chi connectivity index (χ4v) is 3.85. The summed E-state index contributed by atoms with van der Waals surface area (Å²) in [6, 6.07) is 8.93. The molecule has 0 aromatic heterocycles. The van der Waals surface area contributed by atoms with Crippen LogP contribution >= 0.6 is 11.6 Å². The first-order valence-electron chi connectivity index (χ1n) is 10.4. The smallest absolute Gasteiger partial charge is 0.494 e. The van der Waals surface area contributed by atoms with Crippen molar-refractivity contribution >= 4 is 17.8 Å². The van der Waals surface area contributed by atoms with Crippen LogP contribution in [0.5, 0.6) is 5.75 Å². The average Bonchev–Trinajstić information content (AvgIpc) is 2.83. The van der Waals surface area contributed by atoms with Crippen molar-refractivity contribution in [3.8, 4) is 5.75 Å². The molecule has 1 aliphatic rings. The van der Waals surface area contributed by atoms with Gasteiger partial charge < -0.3 is 34.3 Å². The van der Waals surface area contributed by atoms with Gasteiger partial charge in [-0.25, -0.2) is 4.79 Å². The summed E-state index contributed by atoms with van der Waals surface area (Å²) in [6.45, 7) is 1.66. The van der Waals surface area contributed by atoms with Crippen molar-refractivity contribution in [3.05, 3.63) is 64.2 Å². The second-order valence-electron chi connectivity index (χ2n) is 7.60. The van der Waals surface area contributed by atoms with Crippen LogP contribution in [0.15, 0.2) is 42.5 Å². The minimum atomic E-state index is -3.51. The van der Waals surface area contributed by atoms with Crippen LogP contribution in [0.3, 0.4) is 0 Å². The summed E-state index contributed by atoms with van der Waals surface area (Å²) in [5, 5.41) is 30.7. The number of rotatable bonds is 7. The molecule has 3 N–H and O–H groups in total. The summed E-state index contributed by atoms with van der Waals surface area (Å²) in [4.78, 5) is 11.2. The van der Waals surface area contributed by atoms with E-state index >= 15 is 8.78 Å². The first kappa shape index (κ1) is 26.1. The summed E-state index contributed by atoms with van der Waals surface area (Å²) in [5.41, 5.74) is -0.805. The molecule has 1 fully saturated rings. The molecule has 5 atom stereocenters. The van der Waals surface area contributed by atoms with Crippen LogP contribution < -0.4 is 4.74 Å². The van der Waals surface area contributed by atoms with Gasteiger partial charge in [-0.2, -0.15) is 8.78 Å². The van der Waals surface area contributed by atoms with Gasteiger partial charge in [0, 0.05) is 11.1 Å². The normalized spacial score (nSPS) is 25.0. The fourth-order valence-electron chi connectivity index (χ4n) is 3.62. The van der Waals surface area contributed by atoms with Crippen molar-refractivity contribution in [2.24, 2.45) is 0 Å². The molecule has 0 aliphatic carbocycles. The number of carbonyl (C=O) groups excluding carboxylic acids is 1. The molecule has 34 heavy (non-hydrogen) atoms. The zero-order chi connectivity index (χ0) is 25.0. The molecule has 2 aromatic rings. The second-order valence-corrected chi connectivity index (χ2v) is 8.01. The number of benzene rings is 2. The van der Waals surface area contributed by atoms with Crippen LogP contribution in [-0.4, -0.2) is 66.2 Å². The van der Waals surface area contributed by atoms with Crippen molar-refractivity contribution in [2.45, 2.75) is 43.4 Å². The van der Waals surface area contributed by atoms with E-state index in [0.29, 0.717) is 12.4 Å². The van der Waals surface area contributed by atoms with E-state index in [0.717, 1.165) is 13.2 Å². The molecular weight excluding hydrogens is 478 g/mol. The Morgan fingerprint density at radius 1 is 1.09 bits per heavy atom. The zero-order valence-corrected chi connectivity index (χ0v) is 19.1. The summed E-state index contributed by atoms with van der Waals surface area (Å²) in [5.74, 6) is -3.07. The number of alkyl halides is 2. The van der Waals surface area contributed by atoms with Crippen molar-refractivity contribution in [1.82, 2.24) is 0 Å². The molecule has 2 aromatic carbocycles. The molecule has 8 nitrogen and oxygen atoms in total. The Morgan fingerprint density at radius 2 is 1.76 bits per heavy atom. The van der Waals surface area contributed by atoms with Gasteiger partial charge in [-0.3, -0.25) is 0 Å². The molecule has 1 aliphatic heterocycles. The van der Waals surface area contributed by atoms with Gasteiger partial charge in [-0.05, 0) is 48.9 Å². The molecule has 0 radical (unpaired) electrons. The Kier molecular flexibility index (Phi) is 8.32. The van der Waals surface area contributed by atoms with Crippen LogP contribution in [0.4, 0.5) is 13.6 Å². The van der Waals surface area contributed by atoms with Gasteiger partial charge in [0.1, 0.15) is 42.9 Å². The third kappa shape index (κ3) is 5.42. The van der Waals surface area contributed by atoms with Gasteiger partial charge in [0.05, 0.1) is 18.7 Å². The quantitative estimate of drug-likeness (QED) is 0.495. The van der Waals surface area contributed by atoms with E-state index in [-0.39, 0.29) is 16.1 Å². The van der Waals surface area contributed by atoms with Crippen molar-refractivity contribution in [3.63, 3.8) is 0 Å². The minimum absolute atomic E-state index is 0.0755. The molecule has 1 saturated heterocycles. The van der Waals surface area contributed by atoms with E-state index in [1.54, 1.807) is 6.92 Å². The minimum Gasteiger partial charge on any atom is -0.494 e. The molecule has 0 bridgehead atoms. The number of hydrogen-bond donors (Lipinski definition) is 3. The van der Waals surface area contributed by atoms with Crippen LogP contribution in [0.25, 0.3) is 0 Å². The average molecular weight is 503 g/mol. The number of aliphatic hydroxyl groups excluding tert-OH is 3. The van der Waals surface area contributed by atoms with Crippen molar-refractivity contribution < 1.29 is 47.8 Å². The molecule has 0 unspecified atom stereocenters. The Labute approximate surface area is 199 Å². The number of halogens is 3. The first-order chi connectivity index (χ1) is 16.1. The molecule has 0 spiro atoms. The standard InChI is InChI=1S/C23H25ClF2O8/c1-3-32-14-7-5-13(6-8-14)23(25,26)15-10-12(4-9-16(15)24)21-20(29)19(28)18(27)17(34-21)11-33-22(30)31-2/h4-10,17-21,27-29H,3,11H2,1-2H3/t17-,18-,19+,20-,21+/m1/s1. The lowest BCUT2D eigenvalue weighted by atomic mass is 9.89. The SMILES string of the molecule is CCOc1ccc(C(F)(F)c2cc([C@@H]3O[C@H](COC(=O)OC)[C@@H](O)[C@H](O)[C@H]3O)ccc2Cl)cc1. The van der Waals surface area contributed by atoms with Gasteiger partial charge in [0.15, 0.2) is 0 Å². The fraction of sp³-hybridized carbons (Fsp3) is 0.435. The maximum absolute atomic E-state index is 15.4. The van der Waals surface area contributed by atoms with Gasteiger partial charge >= 0.3 is 6.16 Å². The molecule has 0 saturated carbocycles. The number of ether oxygens (including phenoxy) is 4. The van der Waals surface area contributed by atoms with Crippen LogP contribution in [0.2, 0.25) is 5.02 Å². The molecular formula is C23H25ClF2O8. The highest BCUT2D eigenvalue weighted by Crippen LogP contribution is 2.42. The zero-order valence-electron chi connectivity index (χ0n) is 18.4. The largest absolute Gasteiger partial charge is 0.508 e. The van der Waals surface area contributed by atoms with Gasteiger partial charge in [-0.1, -0.05) is 17.7 Å². The third-order valence-electron chi connectivity index (χ3n) is 5.43. The maximum Gasteiger partial charge on any atom is 0.508 e. The lowest BCUT2D eigenvalue weighted by molar-refractivity contribution is -0.232. The lowest BCUT2D eigenvalue weighted by Gasteiger charge is -2.40. The Hall–Kier alpha value is -2.50. The van der Waals surface area contributed by atoms with Crippen LogP contribution in [0.1, 0.15) is 29.7 Å². The van der Waals surface area contributed by atoms with Crippen LogP contribution in [0, 0.1) is 0 Å². The highest BCUT2D eigenvalue weighted by atomic mass is 35.5. The van der Waals surface area contributed by atoms with Crippen molar-refractivity contribution in [1.29, 1.82) is 0 Å². The highest BCUT2D eigenvalue weighted by Gasteiger charge is 2.45. The molecule has 11 heteroatoms. The molecule has 1 heterocycles. The van der Waals surface area contributed by atoms with Gasteiger partial charge in [-0.15, -0.1) is 0 Å². The number of hydrogen-bond acceptors (Lipinski definition) is 8. The monoisotopic (exact) mass is 502 g/mol. The van der Waals surface area contributed by atoms with Crippen LogP contribution in [-0.2, 0) is 20.1 Å². The number of aliphatic hydroxyl groups is 3. The van der Waals surface area contributed by atoms with E-state index in [4.69, 9.17) is 25.8 Å². The summed E-state index contributed by atoms with van der Waals surface area (Å²) in [6.07, 6.45) is -8.58. The molecule has 3 rings (SSSR count). The third-order valence-corrected chi connectivity index (χ3v) is 5.76. The summed E-state index contributed by atoms with van der Waals surface area (Å²) >= 11 is 6.10. The first-order valence-corrected chi connectivity index (χ1v) is 10.8. The Bertz CT molecular complexity index is 987. The Balaban J connectivity index is 1.90. The van der Waals surface area contributed by atoms with Gasteiger partial charge in [0.2, 0.25) is 0 Å². The number of carbonyl (C=O) groups is 1. The van der Waals surface area contributed by atoms with Gasteiger partial charge in [0.25, 0.3) is 5.92 Å². The molecule has 186 valence electrons. The summed E-state index contributed by atoms with van der Waals surface area (Å²) in [7, 11) is 1.09. The second kappa shape index (κ2) is 10.8. The predicted molar refractivity (Wildman–Crippen MR) is 116 cm³/mol.